The minimum Gasteiger partial charge on any atom is -0.370 e. The Hall–Kier alpha value is -2.04. The number of fused-ring (bicyclic) bond motifs is 1. The van der Waals surface area contributed by atoms with Gasteiger partial charge >= 0.3 is 0 Å². The van der Waals surface area contributed by atoms with E-state index in [9.17, 15) is 4.79 Å². The molecule has 0 saturated carbocycles. The Balaban J connectivity index is 2.32. The highest BCUT2D eigenvalue weighted by atomic mass is 16.2. The molecule has 5 heteroatoms. The lowest BCUT2D eigenvalue weighted by atomic mass is 10.2. The molecule has 1 aromatic carbocycles. The van der Waals surface area contributed by atoms with Gasteiger partial charge in [0, 0.05) is 6.54 Å². The van der Waals surface area contributed by atoms with Crippen molar-refractivity contribution in [2.24, 2.45) is 10.7 Å². The zero-order valence-electron chi connectivity index (χ0n) is 9.81. The average Bonchev–Trinajstić information content (AvgIpc) is 2.34. The third-order valence-electron chi connectivity index (χ3n) is 2.54. The molecule has 0 aromatic heterocycles. The van der Waals surface area contributed by atoms with Gasteiger partial charge in [-0.1, -0.05) is 19.1 Å². The number of amides is 1. The smallest absolute Gasteiger partial charge is 0.244 e. The molecule has 5 nitrogen and oxygen atoms in total. The van der Waals surface area contributed by atoms with Crippen molar-refractivity contribution >= 4 is 23.2 Å². The predicted octanol–water partition coefficient (Wildman–Crippen LogP) is 1.17. The van der Waals surface area contributed by atoms with Gasteiger partial charge in [-0.25, -0.2) is 0 Å². The van der Waals surface area contributed by atoms with E-state index in [0.717, 1.165) is 17.8 Å². The van der Waals surface area contributed by atoms with Crippen molar-refractivity contribution in [3.63, 3.8) is 0 Å². The van der Waals surface area contributed by atoms with Gasteiger partial charge in [-0.15, -0.1) is 0 Å². The molecule has 0 bridgehead atoms. The number of nitrogens with two attached hydrogens (primary N) is 1. The molecule has 1 aliphatic heterocycles. The van der Waals surface area contributed by atoms with Crippen LogP contribution in [0.4, 0.5) is 11.4 Å². The zero-order valence-corrected chi connectivity index (χ0v) is 9.81. The molecule has 1 amide bonds. The van der Waals surface area contributed by atoms with Crippen LogP contribution in [0, 0.1) is 0 Å². The summed E-state index contributed by atoms with van der Waals surface area (Å²) in [5.41, 5.74) is 7.58. The monoisotopic (exact) mass is 232 g/mol. The van der Waals surface area contributed by atoms with E-state index in [1.165, 1.54) is 0 Å². The number of rotatable bonds is 2. The largest absolute Gasteiger partial charge is 0.370 e. The summed E-state index contributed by atoms with van der Waals surface area (Å²) in [6.45, 7) is 2.93. The number of carbonyl (C=O) groups is 1. The van der Waals surface area contributed by atoms with Crippen molar-refractivity contribution in [1.29, 1.82) is 0 Å². The van der Waals surface area contributed by atoms with E-state index in [4.69, 9.17) is 5.73 Å². The van der Waals surface area contributed by atoms with Crippen molar-refractivity contribution in [3.8, 4) is 0 Å². The minimum absolute atomic E-state index is 0.0710. The number of guanidine groups is 1. The second-order valence-corrected chi connectivity index (χ2v) is 3.89. The van der Waals surface area contributed by atoms with Gasteiger partial charge in [0.2, 0.25) is 5.91 Å². The van der Waals surface area contributed by atoms with Crippen LogP contribution in [-0.4, -0.2) is 25.0 Å². The summed E-state index contributed by atoms with van der Waals surface area (Å²) < 4.78 is 0. The van der Waals surface area contributed by atoms with Gasteiger partial charge in [0.1, 0.15) is 6.54 Å². The third-order valence-corrected chi connectivity index (χ3v) is 2.54. The van der Waals surface area contributed by atoms with Gasteiger partial charge in [-0.2, -0.15) is 0 Å². The van der Waals surface area contributed by atoms with Crippen molar-refractivity contribution in [2.45, 2.75) is 13.3 Å². The lowest BCUT2D eigenvalue weighted by molar-refractivity contribution is -0.115. The van der Waals surface area contributed by atoms with Crippen molar-refractivity contribution in [3.05, 3.63) is 24.3 Å². The Labute approximate surface area is 100 Å². The normalized spacial score (nSPS) is 15.5. The highest BCUT2D eigenvalue weighted by Crippen LogP contribution is 2.28. The molecule has 17 heavy (non-hydrogen) atoms. The molecule has 3 N–H and O–H groups in total. The Morgan fingerprint density at radius 2 is 2.29 bits per heavy atom. The molecule has 2 rings (SSSR count). The fourth-order valence-electron chi connectivity index (χ4n) is 1.75. The molecule has 1 aromatic rings. The van der Waals surface area contributed by atoms with Crippen LogP contribution in [0.15, 0.2) is 29.3 Å². The average molecular weight is 232 g/mol. The van der Waals surface area contributed by atoms with E-state index in [0.29, 0.717) is 12.5 Å². The summed E-state index contributed by atoms with van der Waals surface area (Å²) in [5.74, 6) is 0.326. The van der Waals surface area contributed by atoms with Crippen LogP contribution in [0.25, 0.3) is 0 Å². The standard InChI is InChI=1S/C12H16N4O/c1-2-7-14-12(13)16-8-11(17)15-9-5-3-4-6-10(9)16/h3-6H,2,7-8H2,1H3,(H2,13,14)(H,15,17). The third kappa shape index (κ3) is 2.38. The van der Waals surface area contributed by atoms with E-state index in [1.54, 1.807) is 4.90 Å². The lowest BCUT2D eigenvalue weighted by Crippen LogP contribution is -2.46. The first-order chi connectivity index (χ1) is 8.22. The number of nitrogens with zero attached hydrogens (tertiary/aromatic N) is 2. The van der Waals surface area contributed by atoms with Crippen molar-refractivity contribution < 1.29 is 4.79 Å². The van der Waals surface area contributed by atoms with Gasteiger partial charge in [0.15, 0.2) is 5.96 Å². The Morgan fingerprint density at radius 1 is 1.53 bits per heavy atom. The van der Waals surface area contributed by atoms with Gasteiger partial charge in [0.05, 0.1) is 11.4 Å². The number of benzene rings is 1. The maximum atomic E-state index is 11.6. The van der Waals surface area contributed by atoms with Crippen LogP contribution >= 0.6 is 0 Å². The van der Waals surface area contributed by atoms with Crippen LogP contribution in [0.1, 0.15) is 13.3 Å². The first-order valence-electron chi connectivity index (χ1n) is 5.68. The minimum atomic E-state index is -0.0710. The SMILES string of the molecule is CCCN=C(N)N1CC(=O)Nc2ccccc21. The van der Waals surface area contributed by atoms with Gasteiger partial charge < -0.3 is 16.0 Å². The van der Waals surface area contributed by atoms with Crippen LogP contribution in [0.5, 0.6) is 0 Å². The number of aliphatic imine (C=N–C) groups is 1. The second kappa shape index (κ2) is 4.86. The van der Waals surface area contributed by atoms with Crippen LogP contribution < -0.4 is 16.0 Å². The van der Waals surface area contributed by atoms with Crippen molar-refractivity contribution in [1.82, 2.24) is 0 Å². The first-order valence-corrected chi connectivity index (χ1v) is 5.68. The maximum absolute atomic E-state index is 11.6. The van der Waals surface area contributed by atoms with Crippen molar-refractivity contribution in [2.75, 3.05) is 23.3 Å². The first kappa shape index (κ1) is 11.4. The number of hydrogen-bond donors (Lipinski definition) is 2. The molecular weight excluding hydrogens is 216 g/mol. The molecule has 1 heterocycles. The molecule has 0 fully saturated rings. The summed E-state index contributed by atoms with van der Waals surface area (Å²) >= 11 is 0. The second-order valence-electron chi connectivity index (χ2n) is 3.89. The summed E-state index contributed by atoms with van der Waals surface area (Å²) in [7, 11) is 0. The summed E-state index contributed by atoms with van der Waals surface area (Å²) in [6, 6.07) is 7.56. The molecule has 0 saturated heterocycles. The summed E-state index contributed by atoms with van der Waals surface area (Å²) in [6.07, 6.45) is 0.933. The highest BCUT2D eigenvalue weighted by molar-refractivity contribution is 6.10. The molecule has 90 valence electrons. The number of carbonyl (C=O) groups excluding carboxylic acids is 1. The number of hydrogen-bond acceptors (Lipinski definition) is 2. The predicted molar refractivity (Wildman–Crippen MR) is 69.2 cm³/mol. The maximum Gasteiger partial charge on any atom is 0.244 e. The van der Waals surface area contributed by atoms with Gasteiger partial charge in [-0.3, -0.25) is 9.79 Å². The molecule has 0 radical (unpaired) electrons. The van der Waals surface area contributed by atoms with E-state index >= 15 is 0 Å². The van der Waals surface area contributed by atoms with Crippen LogP contribution in [0.2, 0.25) is 0 Å². The molecule has 0 spiro atoms. The van der Waals surface area contributed by atoms with Crippen LogP contribution in [-0.2, 0) is 4.79 Å². The van der Waals surface area contributed by atoms with E-state index in [-0.39, 0.29) is 12.5 Å². The molecule has 0 unspecified atom stereocenters. The molecule has 0 atom stereocenters. The van der Waals surface area contributed by atoms with E-state index < -0.39 is 0 Å². The lowest BCUT2D eigenvalue weighted by Gasteiger charge is -2.29. The summed E-state index contributed by atoms with van der Waals surface area (Å²) in [5, 5.41) is 2.81. The Morgan fingerprint density at radius 3 is 3.06 bits per heavy atom. The number of nitrogens with one attached hydrogen (secondary N) is 1. The zero-order chi connectivity index (χ0) is 12.3. The Bertz CT molecular complexity index is 456. The summed E-state index contributed by atoms with van der Waals surface area (Å²) in [4.78, 5) is 17.5. The Kier molecular flexibility index (Phi) is 3.27. The fraction of sp³-hybridized carbons (Fsp3) is 0.333. The number of anilines is 2. The fourth-order valence-corrected chi connectivity index (χ4v) is 1.75. The molecular formula is C12H16N4O. The quantitative estimate of drug-likeness (QED) is 0.594. The topological polar surface area (TPSA) is 70.7 Å². The molecule has 0 aliphatic carbocycles. The van der Waals surface area contributed by atoms with E-state index in [1.807, 2.05) is 31.2 Å². The highest BCUT2D eigenvalue weighted by Gasteiger charge is 2.23. The number of para-hydroxylation sites is 2. The van der Waals surface area contributed by atoms with E-state index in [2.05, 4.69) is 10.3 Å². The van der Waals surface area contributed by atoms with Gasteiger partial charge in [0.25, 0.3) is 0 Å². The molecule has 1 aliphatic rings. The van der Waals surface area contributed by atoms with Crippen LogP contribution in [0.3, 0.4) is 0 Å². The van der Waals surface area contributed by atoms with Gasteiger partial charge in [-0.05, 0) is 18.6 Å².